The molecule has 1 aromatic rings. The van der Waals surface area contributed by atoms with Crippen molar-refractivity contribution in [3.05, 3.63) is 41.2 Å². The van der Waals surface area contributed by atoms with Crippen LogP contribution in [-0.4, -0.2) is 18.9 Å². The molecule has 1 aromatic carbocycles. The normalized spacial score (nSPS) is 27.5. The molecule has 0 N–H and O–H groups in total. The minimum absolute atomic E-state index is 0.0630. The summed E-state index contributed by atoms with van der Waals surface area (Å²) in [5.74, 6) is -0.960. The Labute approximate surface area is 119 Å². The predicted molar refractivity (Wildman–Crippen MR) is 69.7 cm³/mol. The van der Waals surface area contributed by atoms with Crippen LogP contribution in [0.15, 0.2) is 24.3 Å². The summed E-state index contributed by atoms with van der Waals surface area (Å²) in [7, 11) is -3.26. The largest absolute Gasteiger partial charge is 0.417 e. The van der Waals surface area contributed by atoms with Crippen LogP contribution in [-0.2, 0) is 16.0 Å². The van der Waals surface area contributed by atoms with Gasteiger partial charge in [-0.3, -0.25) is 0 Å². The Morgan fingerprint density at radius 1 is 1.14 bits per heavy atom. The first-order valence-electron chi connectivity index (χ1n) is 6.50. The predicted octanol–water partition coefficient (Wildman–Crippen LogP) is 3.58. The molecule has 2 bridgehead atoms. The van der Waals surface area contributed by atoms with Crippen LogP contribution >= 0.6 is 0 Å². The van der Waals surface area contributed by atoms with Crippen molar-refractivity contribution < 1.29 is 26.0 Å². The van der Waals surface area contributed by atoms with Gasteiger partial charge in [0.2, 0.25) is 0 Å². The molecule has 2 nitrogen and oxygen atoms in total. The summed E-state index contributed by atoms with van der Waals surface area (Å²) in [5, 5.41) is -1.33. The Hall–Kier alpha value is -1.37. The quantitative estimate of drug-likeness (QED) is 0.741. The standard InChI is InChI=1S/C14H12F4O2S/c15-9-1-4-12(13(7-9)14(16,17)18)8-5-10-2-3-11(6-8)21(10,19)20/h1,4-5,7,10-11H,2-3,6H2. The summed E-state index contributed by atoms with van der Waals surface area (Å²) in [6.07, 6.45) is -2.29. The van der Waals surface area contributed by atoms with Gasteiger partial charge in [-0.1, -0.05) is 12.1 Å². The highest BCUT2D eigenvalue weighted by Crippen LogP contribution is 2.44. The van der Waals surface area contributed by atoms with E-state index in [4.69, 9.17) is 0 Å². The lowest BCUT2D eigenvalue weighted by Gasteiger charge is -2.23. The number of benzene rings is 1. The maximum Gasteiger partial charge on any atom is 0.417 e. The van der Waals surface area contributed by atoms with Gasteiger partial charge in [0.15, 0.2) is 9.84 Å². The average Bonchev–Trinajstić information content (AvgIpc) is 2.57. The molecule has 2 heterocycles. The van der Waals surface area contributed by atoms with E-state index in [2.05, 4.69) is 0 Å². The van der Waals surface area contributed by atoms with Gasteiger partial charge in [-0.15, -0.1) is 0 Å². The molecule has 21 heavy (non-hydrogen) atoms. The molecular weight excluding hydrogens is 308 g/mol. The Bertz CT molecular complexity index is 719. The van der Waals surface area contributed by atoms with Gasteiger partial charge in [-0.05, 0) is 42.5 Å². The van der Waals surface area contributed by atoms with E-state index >= 15 is 0 Å². The van der Waals surface area contributed by atoms with Gasteiger partial charge < -0.3 is 0 Å². The second-order valence-corrected chi connectivity index (χ2v) is 7.86. The molecular formula is C14H12F4O2S. The molecule has 0 amide bonds. The summed E-state index contributed by atoms with van der Waals surface area (Å²) in [4.78, 5) is 0. The van der Waals surface area contributed by atoms with E-state index in [1.165, 1.54) is 6.08 Å². The average molecular weight is 320 g/mol. The molecule has 3 rings (SSSR count). The van der Waals surface area contributed by atoms with Crippen molar-refractivity contribution in [2.24, 2.45) is 0 Å². The number of sulfone groups is 1. The molecule has 114 valence electrons. The summed E-state index contributed by atoms with van der Waals surface area (Å²) < 4.78 is 76.1. The van der Waals surface area contributed by atoms with Gasteiger partial charge in [-0.25, -0.2) is 12.8 Å². The van der Waals surface area contributed by atoms with E-state index < -0.39 is 37.9 Å². The maximum atomic E-state index is 13.1. The van der Waals surface area contributed by atoms with Gasteiger partial charge >= 0.3 is 6.18 Å². The highest BCUT2D eigenvalue weighted by atomic mass is 32.2. The molecule has 0 spiro atoms. The first-order chi connectivity index (χ1) is 9.69. The second kappa shape index (κ2) is 4.56. The van der Waals surface area contributed by atoms with Gasteiger partial charge in [0, 0.05) is 0 Å². The van der Waals surface area contributed by atoms with Gasteiger partial charge in [0.05, 0.1) is 16.1 Å². The van der Waals surface area contributed by atoms with E-state index in [-0.39, 0.29) is 12.0 Å². The lowest BCUT2D eigenvalue weighted by molar-refractivity contribution is -0.138. The van der Waals surface area contributed by atoms with E-state index in [0.29, 0.717) is 24.5 Å². The maximum absolute atomic E-state index is 13.1. The Morgan fingerprint density at radius 3 is 2.48 bits per heavy atom. The van der Waals surface area contributed by atoms with Crippen LogP contribution in [0.25, 0.3) is 5.57 Å². The zero-order valence-corrected chi connectivity index (χ0v) is 11.6. The van der Waals surface area contributed by atoms with Crippen molar-refractivity contribution in [1.82, 2.24) is 0 Å². The number of allylic oxidation sites excluding steroid dienone is 1. The molecule has 2 unspecified atom stereocenters. The summed E-state index contributed by atoms with van der Waals surface area (Å²) >= 11 is 0. The molecule has 2 aliphatic rings. The molecule has 0 aromatic heterocycles. The lowest BCUT2D eigenvalue weighted by atomic mass is 9.95. The van der Waals surface area contributed by atoms with Crippen molar-refractivity contribution in [1.29, 1.82) is 0 Å². The zero-order chi connectivity index (χ0) is 15.4. The van der Waals surface area contributed by atoms with Crippen molar-refractivity contribution in [3.63, 3.8) is 0 Å². The third kappa shape index (κ3) is 2.37. The molecule has 0 radical (unpaired) electrons. The Kier molecular flexibility index (Phi) is 3.16. The zero-order valence-electron chi connectivity index (χ0n) is 10.8. The summed E-state index contributed by atoms with van der Waals surface area (Å²) in [5.41, 5.74) is -0.812. The number of hydrogen-bond acceptors (Lipinski definition) is 2. The van der Waals surface area contributed by atoms with Gasteiger partial charge in [0.1, 0.15) is 5.82 Å². The van der Waals surface area contributed by atoms with Crippen LogP contribution in [0.2, 0.25) is 0 Å². The minimum Gasteiger partial charge on any atom is -0.228 e. The molecule has 1 saturated heterocycles. The fraction of sp³-hybridized carbons (Fsp3) is 0.429. The lowest BCUT2D eigenvalue weighted by Crippen LogP contribution is -2.26. The van der Waals surface area contributed by atoms with Crippen molar-refractivity contribution in [3.8, 4) is 0 Å². The Balaban J connectivity index is 2.11. The van der Waals surface area contributed by atoms with Crippen molar-refractivity contribution in [2.45, 2.75) is 35.9 Å². The van der Waals surface area contributed by atoms with Gasteiger partial charge in [-0.2, -0.15) is 13.2 Å². The molecule has 2 aliphatic heterocycles. The first-order valence-corrected chi connectivity index (χ1v) is 8.11. The summed E-state index contributed by atoms with van der Waals surface area (Å²) in [6, 6.07) is 2.51. The highest BCUT2D eigenvalue weighted by Gasteiger charge is 2.44. The van der Waals surface area contributed by atoms with Crippen molar-refractivity contribution >= 4 is 15.4 Å². The fourth-order valence-electron chi connectivity index (χ4n) is 3.09. The fourth-order valence-corrected chi connectivity index (χ4v) is 5.28. The first kappa shape index (κ1) is 14.6. The van der Waals surface area contributed by atoms with E-state index in [9.17, 15) is 26.0 Å². The molecule has 0 saturated carbocycles. The number of hydrogen-bond donors (Lipinski definition) is 0. The van der Waals surface area contributed by atoms with E-state index in [1.807, 2.05) is 0 Å². The number of rotatable bonds is 1. The third-order valence-corrected chi connectivity index (χ3v) is 6.67. The number of fused-ring (bicyclic) bond motifs is 2. The van der Waals surface area contributed by atoms with E-state index in [0.717, 1.165) is 12.1 Å². The summed E-state index contributed by atoms with van der Waals surface area (Å²) in [6.45, 7) is 0. The third-order valence-electron chi connectivity index (χ3n) is 4.13. The topological polar surface area (TPSA) is 34.1 Å². The highest BCUT2D eigenvalue weighted by molar-refractivity contribution is 7.93. The van der Waals surface area contributed by atoms with Crippen LogP contribution in [0.5, 0.6) is 0 Å². The molecule has 0 aliphatic carbocycles. The SMILES string of the molecule is O=S1(=O)C2C=C(c3ccc(F)cc3C(F)(F)F)CC1CC2. The Morgan fingerprint density at radius 2 is 1.86 bits per heavy atom. The van der Waals surface area contributed by atoms with Crippen LogP contribution in [0.4, 0.5) is 17.6 Å². The van der Waals surface area contributed by atoms with Crippen molar-refractivity contribution in [2.75, 3.05) is 0 Å². The van der Waals surface area contributed by atoms with Crippen LogP contribution in [0.1, 0.15) is 30.4 Å². The molecule has 1 fully saturated rings. The van der Waals surface area contributed by atoms with Crippen LogP contribution in [0.3, 0.4) is 0 Å². The minimum atomic E-state index is -4.67. The molecule has 2 atom stereocenters. The van der Waals surface area contributed by atoms with Crippen LogP contribution in [0, 0.1) is 5.82 Å². The van der Waals surface area contributed by atoms with Crippen LogP contribution < -0.4 is 0 Å². The van der Waals surface area contributed by atoms with E-state index in [1.54, 1.807) is 0 Å². The monoisotopic (exact) mass is 320 g/mol. The second-order valence-electron chi connectivity index (χ2n) is 5.41. The molecule has 7 heteroatoms. The van der Waals surface area contributed by atoms with Gasteiger partial charge in [0.25, 0.3) is 0 Å². The number of alkyl halides is 3. The number of halogens is 4. The smallest absolute Gasteiger partial charge is 0.228 e.